The highest BCUT2D eigenvalue weighted by atomic mass is 16.5. The molecule has 146 valence electrons. The second-order valence-electron chi connectivity index (χ2n) is 6.10. The van der Waals surface area contributed by atoms with Gasteiger partial charge in [-0.2, -0.15) is 5.10 Å². The Kier molecular flexibility index (Phi) is 6.21. The van der Waals surface area contributed by atoms with Crippen LogP contribution in [0.4, 0.5) is 0 Å². The quantitative estimate of drug-likeness (QED) is 0.681. The number of hydrogen-bond donors (Lipinski definition) is 0. The van der Waals surface area contributed by atoms with Gasteiger partial charge in [0.1, 0.15) is 12.4 Å². The Morgan fingerprint density at radius 1 is 1.11 bits per heavy atom. The van der Waals surface area contributed by atoms with Crippen LogP contribution in [0.3, 0.4) is 0 Å². The number of amides is 1. The molecule has 1 amide bonds. The number of benzene rings is 1. The molecular formula is C20H20N2O6. The molecule has 0 fully saturated rings. The molecule has 8 heteroatoms. The van der Waals surface area contributed by atoms with Crippen molar-refractivity contribution in [2.75, 3.05) is 13.7 Å². The summed E-state index contributed by atoms with van der Waals surface area (Å²) in [6, 6.07) is 12.6. The summed E-state index contributed by atoms with van der Waals surface area (Å²) >= 11 is 0. The first-order valence-corrected chi connectivity index (χ1v) is 8.82. The molecule has 0 aliphatic carbocycles. The molecule has 2 heterocycles. The Morgan fingerprint density at radius 2 is 1.89 bits per heavy atom. The van der Waals surface area contributed by atoms with E-state index in [1.54, 1.807) is 0 Å². The number of furan rings is 1. The largest absolute Gasteiger partial charge is 0.463 e. The summed E-state index contributed by atoms with van der Waals surface area (Å²) in [4.78, 5) is 35.4. The number of carbonyl (C=O) groups is 3. The number of hydrazone groups is 1. The lowest BCUT2D eigenvalue weighted by Crippen LogP contribution is -2.24. The SMILES string of the molecule is COC(=O)c1ccc(COC(=O)CCC(=O)N2CCC(c3ccccc3)=N2)o1. The topological polar surface area (TPSA) is 98.4 Å². The van der Waals surface area contributed by atoms with E-state index in [0.29, 0.717) is 18.7 Å². The average Bonchev–Trinajstić information content (AvgIpc) is 3.40. The highest BCUT2D eigenvalue weighted by Gasteiger charge is 2.22. The number of carbonyl (C=O) groups excluding carboxylic acids is 3. The van der Waals surface area contributed by atoms with Gasteiger partial charge in [0.15, 0.2) is 0 Å². The summed E-state index contributed by atoms with van der Waals surface area (Å²) in [7, 11) is 1.24. The van der Waals surface area contributed by atoms with E-state index in [0.717, 1.165) is 11.3 Å². The van der Waals surface area contributed by atoms with E-state index in [2.05, 4.69) is 9.84 Å². The monoisotopic (exact) mass is 384 g/mol. The Labute approximate surface area is 161 Å². The minimum absolute atomic E-state index is 0.00989. The zero-order valence-electron chi connectivity index (χ0n) is 15.4. The smallest absolute Gasteiger partial charge is 0.373 e. The van der Waals surface area contributed by atoms with Crippen molar-refractivity contribution in [2.24, 2.45) is 5.10 Å². The van der Waals surface area contributed by atoms with Crippen LogP contribution in [-0.2, 0) is 25.7 Å². The fourth-order valence-electron chi connectivity index (χ4n) is 2.70. The zero-order chi connectivity index (χ0) is 19.9. The van der Waals surface area contributed by atoms with Gasteiger partial charge in [-0.1, -0.05) is 30.3 Å². The van der Waals surface area contributed by atoms with E-state index in [4.69, 9.17) is 9.15 Å². The highest BCUT2D eigenvalue weighted by Crippen LogP contribution is 2.15. The molecule has 1 aromatic carbocycles. The van der Waals surface area contributed by atoms with Gasteiger partial charge in [-0.25, -0.2) is 9.80 Å². The first-order chi connectivity index (χ1) is 13.6. The molecule has 0 spiro atoms. The van der Waals surface area contributed by atoms with Crippen LogP contribution in [0, 0.1) is 0 Å². The predicted molar refractivity (Wildman–Crippen MR) is 98.4 cm³/mol. The molecule has 0 atom stereocenters. The fraction of sp³-hybridized carbons (Fsp3) is 0.300. The Morgan fingerprint density at radius 3 is 2.64 bits per heavy atom. The van der Waals surface area contributed by atoms with Crippen molar-refractivity contribution in [3.8, 4) is 0 Å². The maximum atomic E-state index is 12.3. The Balaban J connectivity index is 1.43. The van der Waals surface area contributed by atoms with Crippen molar-refractivity contribution in [2.45, 2.75) is 25.9 Å². The van der Waals surface area contributed by atoms with Gasteiger partial charge in [0.2, 0.25) is 11.7 Å². The number of esters is 2. The maximum absolute atomic E-state index is 12.3. The van der Waals surface area contributed by atoms with Crippen LogP contribution >= 0.6 is 0 Å². The van der Waals surface area contributed by atoms with Crippen LogP contribution in [0.15, 0.2) is 52.0 Å². The van der Waals surface area contributed by atoms with E-state index >= 15 is 0 Å². The summed E-state index contributed by atoms with van der Waals surface area (Å²) in [6.45, 7) is 0.380. The standard InChI is InChI=1S/C20H20N2O6/c1-26-20(25)17-8-7-15(28-17)13-27-19(24)10-9-18(23)22-12-11-16(21-22)14-5-3-2-4-6-14/h2-8H,9-13H2,1H3. The molecule has 0 radical (unpaired) electrons. The molecular weight excluding hydrogens is 364 g/mol. The summed E-state index contributed by atoms with van der Waals surface area (Å²) in [6.07, 6.45) is 0.632. The highest BCUT2D eigenvalue weighted by molar-refractivity contribution is 6.02. The van der Waals surface area contributed by atoms with Gasteiger partial charge in [0.25, 0.3) is 0 Å². The van der Waals surface area contributed by atoms with Crippen LogP contribution in [0.25, 0.3) is 0 Å². The number of rotatable bonds is 7. The lowest BCUT2D eigenvalue weighted by Gasteiger charge is -2.10. The van der Waals surface area contributed by atoms with E-state index in [1.807, 2.05) is 30.3 Å². The van der Waals surface area contributed by atoms with Gasteiger partial charge in [-0.05, 0) is 17.7 Å². The normalized spacial score (nSPS) is 13.2. The molecule has 0 saturated heterocycles. The van der Waals surface area contributed by atoms with Crippen molar-refractivity contribution in [3.05, 3.63) is 59.5 Å². The minimum atomic E-state index is -0.607. The molecule has 1 aliphatic rings. The zero-order valence-corrected chi connectivity index (χ0v) is 15.4. The van der Waals surface area contributed by atoms with Gasteiger partial charge in [-0.15, -0.1) is 0 Å². The lowest BCUT2D eigenvalue weighted by molar-refractivity contribution is -0.147. The molecule has 28 heavy (non-hydrogen) atoms. The molecule has 2 aromatic rings. The third-order valence-corrected chi connectivity index (χ3v) is 4.16. The van der Waals surface area contributed by atoms with Gasteiger partial charge in [-0.3, -0.25) is 9.59 Å². The Bertz CT molecular complexity index is 887. The molecule has 0 N–H and O–H groups in total. The van der Waals surface area contributed by atoms with Crippen LogP contribution in [0.2, 0.25) is 0 Å². The van der Waals surface area contributed by atoms with Crippen molar-refractivity contribution in [3.63, 3.8) is 0 Å². The van der Waals surface area contributed by atoms with Gasteiger partial charge < -0.3 is 13.9 Å². The fourth-order valence-corrected chi connectivity index (χ4v) is 2.70. The third-order valence-electron chi connectivity index (χ3n) is 4.16. The molecule has 0 saturated carbocycles. The summed E-state index contributed by atoms with van der Waals surface area (Å²) in [5.41, 5.74) is 1.85. The van der Waals surface area contributed by atoms with E-state index in [9.17, 15) is 14.4 Å². The molecule has 3 rings (SSSR count). The number of nitrogens with zero attached hydrogens (tertiary/aromatic N) is 2. The number of methoxy groups -OCH3 is 1. The third kappa shape index (κ3) is 4.85. The van der Waals surface area contributed by atoms with Gasteiger partial charge in [0, 0.05) is 12.8 Å². The minimum Gasteiger partial charge on any atom is -0.463 e. The van der Waals surface area contributed by atoms with E-state index < -0.39 is 11.9 Å². The van der Waals surface area contributed by atoms with Gasteiger partial charge >= 0.3 is 11.9 Å². The molecule has 8 nitrogen and oxygen atoms in total. The van der Waals surface area contributed by atoms with Crippen LogP contribution in [-0.4, -0.2) is 42.2 Å². The Hall–Kier alpha value is -3.42. The maximum Gasteiger partial charge on any atom is 0.373 e. The summed E-state index contributed by atoms with van der Waals surface area (Å²) < 4.78 is 14.8. The van der Waals surface area contributed by atoms with Crippen molar-refractivity contribution in [1.29, 1.82) is 0 Å². The van der Waals surface area contributed by atoms with Crippen LogP contribution in [0.5, 0.6) is 0 Å². The number of hydrogen-bond acceptors (Lipinski definition) is 7. The van der Waals surface area contributed by atoms with E-state index in [-0.39, 0.29) is 31.1 Å². The van der Waals surface area contributed by atoms with E-state index in [1.165, 1.54) is 24.3 Å². The van der Waals surface area contributed by atoms with Crippen molar-refractivity contribution >= 4 is 23.6 Å². The number of ether oxygens (including phenoxy) is 2. The first-order valence-electron chi connectivity index (χ1n) is 8.82. The second-order valence-corrected chi connectivity index (χ2v) is 6.10. The second kappa shape index (κ2) is 8.98. The molecule has 1 aliphatic heterocycles. The molecule has 1 aromatic heterocycles. The molecule has 0 unspecified atom stereocenters. The lowest BCUT2D eigenvalue weighted by atomic mass is 10.1. The average molecular weight is 384 g/mol. The summed E-state index contributed by atoms with van der Waals surface area (Å²) in [5, 5.41) is 5.74. The van der Waals surface area contributed by atoms with Crippen LogP contribution in [0.1, 0.15) is 41.1 Å². The first kappa shape index (κ1) is 19.3. The van der Waals surface area contributed by atoms with Crippen molar-refractivity contribution in [1.82, 2.24) is 5.01 Å². The molecule has 0 bridgehead atoms. The van der Waals surface area contributed by atoms with Crippen molar-refractivity contribution < 1.29 is 28.3 Å². The van der Waals surface area contributed by atoms with Crippen LogP contribution < -0.4 is 0 Å². The predicted octanol–water partition coefficient (Wildman–Crippen LogP) is 2.53. The van der Waals surface area contributed by atoms with Gasteiger partial charge in [0.05, 0.1) is 25.8 Å². The summed E-state index contributed by atoms with van der Waals surface area (Å²) in [5.74, 6) is -1.02.